The highest BCUT2D eigenvalue weighted by atomic mass is 16.6. The molecular weight excluding hydrogens is 636 g/mol. The molecule has 3 saturated heterocycles. The van der Waals surface area contributed by atoms with Gasteiger partial charge in [-0.3, -0.25) is 0 Å². The molecule has 0 spiro atoms. The van der Waals surface area contributed by atoms with Crippen LogP contribution in [0, 0.1) is 0 Å². The fourth-order valence-electron chi connectivity index (χ4n) is 4.12. The van der Waals surface area contributed by atoms with Crippen molar-refractivity contribution >= 4 is 0 Å². The Morgan fingerprint density at radius 1 is 0.420 bits per heavy atom. The van der Waals surface area contributed by atoms with Gasteiger partial charge >= 0.3 is 0 Å². The van der Waals surface area contributed by atoms with E-state index >= 15 is 0 Å². The van der Waals surface area contributed by atoms with E-state index in [0.717, 1.165) is 53.8 Å². The fraction of sp³-hybridized carbons (Fsp3) is 0.415. The van der Waals surface area contributed by atoms with E-state index < -0.39 is 0 Å². The van der Waals surface area contributed by atoms with Gasteiger partial charge in [-0.2, -0.15) is 0 Å². The van der Waals surface area contributed by atoms with Crippen molar-refractivity contribution in [2.45, 2.75) is 73.7 Å². The Labute approximate surface area is 298 Å². The Bertz CT molecular complexity index is 1420. The van der Waals surface area contributed by atoms with Crippen LogP contribution in [0.2, 0.25) is 0 Å². The number of benzene rings is 4. The van der Waals surface area contributed by atoms with Crippen molar-refractivity contribution in [2.24, 2.45) is 0 Å². The van der Waals surface area contributed by atoms with Crippen LogP contribution in [0.25, 0.3) is 22.3 Å². The Morgan fingerprint density at radius 2 is 0.760 bits per heavy atom. The molecule has 4 aromatic rings. The molecule has 0 bridgehead atoms. The summed E-state index contributed by atoms with van der Waals surface area (Å²) in [5, 5.41) is 27.7. The van der Waals surface area contributed by atoms with Gasteiger partial charge in [-0.25, -0.2) is 0 Å². The number of phenolic OH excluding ortho intramolecular Hbond substituents is 3. The second-order valence-corrected chi connectivity index (χ2v) is 10.3. The topological polar surface area (TPSA) is 126 Å². The zero-order valence-electron chi connectivity index (χ0n) is 30.8. The molecule has 7 rings (SSSR count). The predicted molar refractivity (Wildman–Crippen MR) is 200 cm³/mol. The van der Waals surface area contributed by atoms with Crippen molar-refractivity contribution in [2.75, 3.05) is 39.6 Å². The number of hydrogen-bond acceptors (Lipinski definition) is 9. The predicted octanol–water partition coefficient (Wildman–Crippen LogP) is 9.26. The second-order valence-electron chi connectivity index (χ2n) is 10.3. The molecule has 0 amide bonds. The van der Waals surface area contributed by atoms with Gasteiger partial charge in [-0.15, -0.1) is 0 Å². The van der Waals surface area contributed by atoms with Crippen LogP contribution in [0.15, 0.2) is 84.9 Å². The lowest BCUT2D eigenvalue weighted by molar-refractivity contribution is 0.252. The standard InChI is InChI=1S/C21H22O6.C12H10O3.4C2H6/c1-3-16(22-8-19-11-25-19)4-2-14(1)15-5-17(23-9-20-12-26-20)7-18(6-15)24-10-21-13-27-21;13-10-3-1-8(2-4-10)9-5-11(14)7-12(15)6-9;4*1-2/h1-7,19-21H,8-13H2;1-7,13-15H;4*1-2H3. The summed E-state index contributed by atoms with van der Waals surface area (Å²) in [4.78, 5) is 0. The molecule has 9 nitrogen and oxygen atoms in total. The lowest BCUT2D eigenvalue weighted by atomic mass is 10.0. The molecule has 4 aromatic carbocycles. The van der Waals surface area contributed by atoms with Crippen molar-refractivity contribution in [3.8, 4) is 56.8 Å². The molecule has 3 N–H and O–H groups in total. The maximum Gasteiger partial charge on any atom is 0.123 e. The van der Waals surface area contributed by atoms with Crippen molar-refractivity contribution in [3.63, 3.8) is 0 Å². The highest BCUT2D eigenvalue weighted by Gasteiger charge is 2.25. The van der Waals surface area contributed by atoms with Crippen molar-refractivity contribution in [3.05, 3.63) is 84.9 Å². The maximum atomic E-state index is 9.30. The van der Waals surface area contributed by atoms with E-state index in [-0.39, 0.29) is 35.6 Å². The molecule has 3 fully saturated rings. The summed E-state index contributed by atoms with van der Waals surface area (Å²) in [7, 11) is 0. The van der Waals surface area contributed by atoms with Crippen molar-refractivity contribution < 1.29 is 43.7 Å². The number of hydrogen-bond donors (Lipinski definition) is 3. The largest absolute Gasteiger partial charge is 0.508 e. The molecule has 3 aliphatic rings. The minimum atomic E-state index is 0.0121. The summed E-state index contributed by atoms with van der Waals surface area (Å²) in [5.74, 6) is 2.61. The molecule has 3 aliphatic heterocycles. The summed E-state index contributed by atoms with van der Waals surface area (Å²) in [6.45, 7) is 20.1. The number of phenols is 3. The van der Waals surface area contributed by atoms with E-state index in [1.165, 1.54) is 6.07 Å². The Balaban J connectivity index is 0.000000321. The second kappa shape index (κ2) is 23.1. The van der Waals surface area contributed by atoms with Crippen LogP contribution in [0.1, 0.15) is 55.4 Å². The van der Waals surface area contributed by atoms with E-state index in [1.54, 1.807) is 36.4 Å². The third-order valence-corrected chi connectivity index (χ3v) is 6.69. The average molecular weight is 693 g/mol. The molecule has 3 unspecified atom stereocenters. The van der Waals surface area contributed by atoms with Gasteiger partial charge in [0.25, 0.3) is 0 Å². The third kappa shape index (κ3) is 15.4. The first kappa shape index (κ1) is 41.7. The molecule has 0 aromatic heterocycles. The Hall–Kier alpha value is -4.44. The fourth-order valence-corrected chi connectivity index (χ4v) is 4.12. The number of rotatable bonds is 11. The van der Waals surface area contributed by atoms with Crippen molar-refractivity contribution in [1.82, 2.24) is 0 Å². The van der Waals surface area contributed by atoms with E-state index in [1.807, 2.05) is 97.9 Å². The van der Waals surface area contributed by atoms with E-state index in [0.29, 0.717) is 25.4 Å². The van der Waals surface area contributed by atoms with Gasteiger partial charge in [0.1, 0.15) is 72.6 Å². The molecule has 0 aliphatic carbocycles. The van der Waals surface area contributed by atoms with E-state index in [9.17, 15) is 10.2 Å². The van der Waals surface area contributed by atoms with Gasteiger partial charge in [0.2, 0.25) is 0 Å². The zero-order valence-corrected chi connectivity index (χ0v) is 30.8. The molecule has 3 atom stereocenters. The lowest BCUT2D eigenvalue weighted by Crippen LogP contribution is -2.06. The van der Waals surface area contributed by atoms with Crippen LogP contribution in [0.3, 0.4) is 0 Å². The van der Waals surface area contributed by atoms with Crippen LogP contribution < -0.4 is 14.2 Å². The first-order valence-corrected chi connectivity index (χ1v) is 17.8. The first-order valence-electron chi connectivity index (χ1n) is 17.8. The molecule has 0 saturated carbocycles. The average Bonchev–Trinajstić information content (AvgIpc) is 4.00. The number of aromatic hydroxyl groups is 3. The highest BCUT2D eigenvalue weighted by Crippen LogP contribution is 2.32. The smallest absolute Gasteiger partial charge is 0.123 e. The number of ether oxygens (including phenoxy) is 6. The van der Waals surface area contributed by atoms with Crippen LogP contribution in [0.4, 0.5) is 0 Å². The maximum absolute atomic E-state index is 9.30. The van der Waals surface area contributed by atoms with E-state index in [2.05, 4.69) is 0 Å². The Kier molecular flexibility index (Phi) is 19.2. The zero-order chi connectivity index (χ0) is 36.9. The molecule has 0 radical (unpaired) electrons. The monoisotopic (exact) mass is 692 g/mol. The third-order valence-electron chi connectivity index (χ3n) is 6.69. The van der Waals surface area contributed by atoms with Gasteiger partial charge < -0.3 is 43.7 Å². The normalized spacial score (nSPS) is 17.0. The SMILES string of the molecule is CC.CC.CC.CC.Oc1ccc(-c2cc(O)cc(O)c2)cc1.c1cc(-c2cc(OCC3CO3)cc(OCC3CO3)c2)ccc1OCC1CO1. The lowest BCUT2D eigenvalue weighted by Gasteiger charge is -2.12. The van der Waals surface area contributed by atoms with Gasteiger partial charge in [0.15, 0.2) is 0 Å². The molecule has 9 heteroatoms. The van der Waals surface area contributed by atoms with Gasteiger partial charge in [0.05, 0.1) is 19.8 Å². The summed E-state index contributed by atoms with van der Waals surface area (Å²) < 4.78 is 33.1. The van der Waals surface area contributed by atoms with Crippen LogP contribution in [-0.4, -0.2) is 73.3 Å². The quantitative estimate of drug-likeness (QED) is 0.132. The summed E-state index contributed by atoms with van der Waals surface area (Å²) in [6, 6.07) is 24.9. The summed E-state index contributed by atoms with van der Waals surface area (Å²) in [6.07, 6.45) is 0.679. The van der Waals surface area contributed by atoms with Crippen molar-refractivity contribution in [1.29, 1.82) is 0 Å². The minimum absolute atomic E-state index is 0.0121. The molecular formula is C41H56O9. The highest BCUT2D eigenvalue weighted by molar-refractivity contribution is 5.68. The van der Waals surface area contributed by atoms with Crippen LogP contribution in [0.5, 0.6) is 34.5 Å². The first-order chi connectivity index (χ1) is 24.5. The molecule has 274 valence electrons. The van der Waals surface area contributed by atoms with Gasteiger partial charge in [0, 0.05) is 12.1 Å². The van der Waals surface area contributed by atoms with Gasteiger partial charge in [-0.05, 0) is 70.8 Å². The summed E-state index contributed by atoms with van der Waals surface area (Å²) >= 11 is 0. The van der Waals surface area contributed by atoms with Gasteiger partial charge in [-0.1, -0.05) is 79.7 Å². The van der Waals surface area contributed by atoms with Crippen LogP contribution >= 0.6 is 0 Å². The Morgan fingerprint density at radius 3 is 1.14 bits per heavy atom. The van der Waals surface area contributed by atoms with Crippen LogP contribution in [-0.2, 0) is 14.2 Å². The molecule has 3 heterocycles. The van der Waals surface area contributed by atoms with E-state index in [4.69, 9.17) is 33.5 Å². The minimum Gasteiger partial charge on any atom is -0.508 e. The summed E-state index contributed by atoms with van der Waals surface area (Å²) in [5.41, 5.74) is 3.63. The number of epoxide rings is 3. The molecule has 50 heavy (non-hydrogen) atoms.